The van der Waals surface area contributed by atoms with Gasteiger partial charge in [-0.15, -0.1) is 11.3 Å². The molecule has 0 bridgehead atoms. The maximum absolute atomic E-state index is 12.1. The molecule has 0 saturated heterocycles. The summed E-state index contributed by atoms with van der Waals surface area (Å²) in [6, 6.07) is 5.96. The zero-order valence-electron chi connectivity index (χ0n) is 10.1. The fraction of sp³-hybridized carbons (Fsp3) is 0.154. The van der Waals surface area contributed by atoms with E-state index >= 15 is 0 Å². The zero-order chi connectivity index (χ0) is 14.0. The molecule has 0 aliphatic heterocycles. The number of non-ortho nitro benzene ring substituents is 1. The molecule has 0 N–H and O–H groups in total. The number of nitrogens with zero attached hydrogens (tertiary/aromatic N) is 1. The molecular formula is C13H10ClNO3S. The molecule has 2 aromatic rings. The molecule has 0 aliphatic rings. The molecule has 98 valence electrons. The average molecular weight is 296 g/mol. The molecule has 6 heteroatoms. The molecule has 0 unspecified atom stereocenters. The summed E-state index contributed by atoms with van der Waals surface area (Å²) >= 11 is 7.36. The third kappa shape index (κ3) is 3.00. The molecule has 0 saturated carbocycles. The molecule has 2 rings (SSSR count). The second-order valence-electron chi connectivity index (χ2n) is 4.09. The van der Waals surface area contributed by atoms with Crippen LogP contribution in [0, 0.1) is 17.0 Å². The topological polar surface area (TPSA) is 60.2 Å². The number of rotatable bonds is 4. The van der Waals surface area contributed by atoms with Gasteiger partial charge >= 0.3 is 0 Å². The van der Waals surface area contributed by atoms with Crippen LogP contribution in [0.1, 0.15) is 20.8 Å². The van der Waals surface area contributed by atoms with Crippen LogP contribution in [0.5, 0.6) is 0 Å². The first-order valence-corrected chi connectivity index (χ1v) is 6.75. The van der Waals surface area contributed by atoms with Crippen LogP contribution in [0.2, 0.25) is 5.02 Å². The van der Waals surface area contributed by atoms with Crippen LogP contribution in [-0.4, -0.2) is 10.7 Å². The molecule has 1 heterocycles. The van der Waals surface area contributed by atoms with Crippen LogP contribution in [0.4, 0.5) is 5.69 Å². The number of carbonyl (C=O) groups is 1. The minimum Gasteiger partial charge on any atom is -0.293 e. The third-order valence-corrected chi connectivity index (χ3v) is 4.40. The van der Waals surface area contributed by atoms with Gasteiger partial charge in [0.15, 0.2) is 5.78 Å². The van der Waals surface area contributed by atoms with Crippen molar-refractivity contribution >= 4 is 34.4 Å². The van der Waals surface area contributed by atoms with Crippen LogP contribution in [-0.2, 0) is 6.42 Å². The van der Waals surface area contributed by atoms with Crippen molar-refractivity contribution in [3.05, 3.63) is 60.8 Å². The molecule has 0 atom stereocenters. The Kier molecular flexibility index (Phi) is 3.97. The average Bonchev–Trinajstić information content (AvgIpc) is 2.70. The predicted octanol–water partition coefficient (Wildman–Crippen LogP) is 4.04. The number of hydrogen-bond acceptors (Lipinski definition) is 4. The van der Waals surface area contributed by atoms with Crippen LogP contribution < -0.4 is 0 Å². The lowest BCUT2D eigenvalue weighted by Gasteiger charge is -2.00. The van der Waals surface area contributed by atoms with Gasteiger partial charge in [-0.3, -0.25) is 14.9 Å². The van der Waals surface area contributed by atoms with Gasteiger partial charge in [-0.2, -0.15) is 0 Å². The number of benzene rings is 1. The number of carbonyl (C=O) groups excluding carboxylic acids is 1. The van der Waals surface area contributed by atoms with Gasteiger partial charge in [0, 0.05) is 18.6 Å². The van der Waals surface area contributed by atoms with Crippen molar-refractivity contribution in [1.29, 1.82) is 0 Å². The molecule has 0 radical (unpaired) electrons. The monoisotopic (exact) mass is 295 g/mol. The normalized spacial score (nSPS) is 10.4. The van der Waals surface area contributed by atoms with Crippen molar-refractivity contribution in [2.75, 3.05) is 0 Å². The predicted molar refractivity (Wildman–Crippen MR) is 75.2 cm³/mol. The number of nitro benzene ring substituents is 1. The van der Waals surface area contributed by atoms with Crippen molar-refractivity contribution in [2.24, 2.45) is 0 Å². The standard InChI is InChI=1S/C13H10ClNO3S/c1-8-7-19-13(12(8)14)11(16)6-9-2-4-10(5-3-9)15(17)18/h2-5,7H,6H2,1H3. The highest BCUT2D eigenvalue weighted by Crippen LogP contribution is 2.28. The zero-order valence-corrected chi connectivity index (χ0v) is 11.6. The Morgan fingerprint density at radius 3 is 2.47 bits per heavy atom. The molecule has 0 fully saturated rings. The van der Waals surface area contributed by atoms with Crippen LogP contribution >= 0.6 is 22.9 Å². The van der Waals surface area contributed by atoms with Crippen molar-refractivity contribution in [3.8, 4) is 0 Å². The van der Waals surface area contributed by atoms with E-state index in [4.69, 9.17) is 11.6 Å². The molecule has 4 nitrogen and oxygen atoms in total. The number of halogens is 1. The summed E-state index contributed by atoms with van der Waals surface area (Å²) in [5.74, 6) is -0.0723. The highest BCUT2D eigenvalue weighted by Gasteiger charge is 2.15. The summed E-state index contributed by atoms with van der Waals surface area (Å²) in [6.07, 6.45) is 0.192. The fourth-order valence-corrected chi connectivity index (χ4v) is 2.86. The van der Waals surface area contributed by atoms with E-state index in [0.29, 0.717) is 9.90 Å². The molecular weight excluding hydrogens is 286 g/mol. The van der Waals surface area contributed by atoms with E-state index in [9.17, 15) is 14.9 Å². The molecule has 0 amide bonds. The lowest BCUT2D eigenvalue weighted by molar-refractivity contribution is -0.384. The van der Waals surface area contributed by atoms with Gasteiger partial charge in [-0.1, -0.05) is 23.7 Å². The smallest absolute Gasteiger partial charge is 0.269 e. The summed E-state index contributed by atoms with van der Waals surface area (Å²) in [5, 5.41) is 12.9. The van der Waals surface area contributed by atoms with Crippen molar-refractivity contribution in [2.45, 2.75) is 13.3 Å². The maximum Gasteiger partial charge on any atom is 0.269 e. The van der Waals surface area contributed by atoms with Crippen molar-refractivity contribution < 1.29 is 9.72 Å². The van der Waals surface area contributed by atoms with Crippen molar-refractivity contribution in [3.63, 3.8) is 0 Å². The SMILES string of the molecule is Cc1csc(C(=O)Cc2ccc([N+](=O)[O-])cc2)c1Cl. The van der Waals surface area contributed by atoms with E-state index in [0.717, 1.165) is 11.1 Å². The largest absolute Gasteiger partial charge is 0.293 e. The Morgan fingerprint density at radius 2 is 2.00 bits per heavy atom. The molecule has 0 spiro atoms. The number of hydrogen-bond donors (Lipinski definition) is 0. The van der Waals surface area contributed by atoms with E-state index in [2.05, 4.69) is 0 Å². The van der Waals surface area contributed by atoms with Gasteiger partial charge in [0.05, 0.1) is 14.8 Å². The van der Waals surface area contributed by atoms with Crippen LogP contribution in [0.3, 0.4) is 0 Å². The molecule has 1 aromatic heterocycles. The third-order valence-electron chi connectivity index (χ3n) is 2.66. The lowest BCUT2D eigenvalue weighted by Crippen LogP contribution is -2.02. The van der Waals surface area contributed by atoms with E-state index in [1.165, 1.54) is 23.5 Å². The van der Waals surface area contributed by atoms with Gasteiger partial charge < -0.3 is 0 Å². The summed E-state index contributed by atoms with van der Waals surface area (Å²) in [5.41, 5.74) is 1.64. The van der Waals surface area contributed by atoms with Crippen LogP contribution in [0.25, 0.3) is 0 Å². The fourth-order valence-electron chi connectivity index (χ4n) is 1.62. The molecule has 0 aliphatic carbocycles. The first kappa shape index (κ1) is 13.7. The second-order valence-corrected chi connectivity index (χ2v) is 5.34. The first-order chi connectivity index (χ1) is 8.99. The Balaban J connectivity index is 2.15. The number of nitro groups is 1. The Labute approximate surface area is 118 Å². The second kappa shape index (κ2) is 5.50. The highest BCUT2D eigenvalue weighted by atomic mass is 35.5. The Bertz CT molecular complexity index is 634. The quantitative estimate of drug-likeness (QED) is 0.486. The summed E-state index contributed by atoms with van der Waals surface area (Å²) in [6.45, 7) is 1.85. The van der Waals surface area contributed by atoms with Gasteiger partial charge in [0.2, 0.25) is 0 Å². The first-order valence-electron chi connectivity index (χ1n) is 5.49. The molecule has 19 heavy (non-hydrogen) atoms. The van der Waals surface area contributed by atoms with Gasteiger partial charge in [-0.25, -0.2) is 0 Å². The van der Waals surface area contributed by atoms with Gasteiger partial charge in [0.1, 0.15) is 0 Å². The lowest BCUT2D eigenvalue weighted by atomic mass is 10.1. The van der Waals surface area contributed by atoms with E-state index < -0.39 is 4.92 Å². The van der Waals surface area contributed by atoms with E-state index in [1.807, 2.05) is 12.3 Å². The number of Topliss-reactive ketones (excluding diaryl/α,β-unsaturated/α-hetero) is 1. The maximum atomic E-state index is 12.1. The van der Waals surface area contributed by atoms with E-state index in [-0.39, 0.29) is 17.9 Å². The number of aryl methyl sites for hydroxylation is 1. The van der Waals surface area contributed by atoms with Crippen LogP contribution in [0.15, 0.2) is 29.6 Å². The van der Waals surface area contributed by atoms with Gasteiger partial charge in [-0.05, 0) is 23.4 Å². The number of ketones is 1. The minimum atomic E-state index is -0.467. The number of thiophene rings is 1. The van der Waals surface area contributed by atoms with E-state index in [1.54, 1.807) is 12.1 Å². The minimum absolute atomic E-state index is 0.0150. The summed E-state index contributed by atoms with van der Waals surface area (Å²) in [4.78, 5) is 22.7. The highest BCUT2D eigenvalue weighted by molar-refractivity contribution is 7.13. The Morgan fingerprint density at radius 1 is 1.37 bits per heavy atom. The van der Waals surface area contributed by atoms with Crippen molar-refractivity contribution in [1.82, 2.24) is 0 Å². The van der Waals surface area contributed by atoms with Gasteiger partial charge in [0.25, 0.3) is 5.69 Å². The summed E-state index contributed by atoms with van der Waals surface area (Å²) < 4.78 is 0. The Hall–Kier alpha value is -1.72. The molecule has 1 aromatic carbocycles. The summed E-state index contributed by atoms with van der Waals surface area (Å²) in [7, 11) is 0.